The second-order valence-corrected chi connectivity index (χ2v) is 6.31. The van der Waals surface area contributed by atoms with Gasteiger partial charge < -0.3 is 9.84 Å². The van der Waals surface area contributed by atoms with E-state index in [2.05, 4.69) is 13.5 Å². The minimum Gasteiger partial charge on any atom is -0.390 e. The molecule has 1 N–H and O–H groups in total. The van der Waals surface area contributed by atoms with Crippen LogP contribution in [0.3, 0.4) is 0 Å². The molecule has 0 aromatic rings. The maximum atomic E-state index is 9.82. The van der Waals surface area contributed by atoms with Gasteiger partial charge in [0.05, 0.1) is 11.2 Å². The first-order valence-electron chi connectivity index (χ1n) is 7.41. The van der Waals surface area contributed by atoms with Crippen molar-refractivity contribution in [2.24, 2.45) is 5.92 Å². The highest BCUT2D eigenvalue weighted by atomic mass is 16.5. The van der Waals surface area contributed by atoms with Gasteiger partial charge in [0.2, 0.25) is 0 Å². The van der Waals surface area contributed by atoms with Crippen LogP contribution in [0.25, 0.3) is 0 Å². The Morgan fingerprint density at radius 3 is 2.67 bits per heavy atom. The van der Waals surface area contributed by atoms with Crippen LogP contribution in [0.1, 0.15) is 65.7 Å². The van der Waals surface area contributed by atoms with E-state index in [-0.39, 0.29) is 5.60 Å². The minimum atomic E-state index is -0.556. The number of rotatable bonds is 8. The number of hydrogen-bond donors (Lipinski definition) is 1. The number of hydrogen-bond acceptors (Lipinski definition) is 2. The highest BCUT2D eigenvalue weighted by molar-refractivity contribution is 4.94. The van der Waals surface area contributed by atoms with E-state index in [1.807, 2.05) is 19.9 Å². The summed E-state index contributed by atoms with van der Waals surface area (Å²) in [5.74, 6) is 0.583. The lowest BCUT2D eigenvalue weighted by molar-refractivity contribution is -0.0561. The molecule has 1 aliphatic rings. The molecule has 1 aliphatic heterocycles. The summed E-state index contributed by atoms with van der Waals surface area (Å²) in [5, 5.41) is 9.82. The van der Waals surface area contributed by atoms with E-state index in [0.29, 0.717) is 5.92 Å². The van der Waals surface area contributed by atoms with Crippen LogP contribution in [0.4, 0.5) is 0 Å². The van der Waals surface area contributed by atoms with Crippen LogP contribution < -0.4 is 0 Å². The standard InChI is InChI=1S/C16H30O2/c1-5-9-14(6-2)16(12-8-13-18-16)11-7-10-15(3,4)17/h5,14,17H,1,6-13H2,2-4H3. The van der Waals surface area contributed by atoms with E-state index in [1.54, 1.807) is 0 Å². The summed E-state index contributed by atoms with van der Waals surface area (Å²) in [6, 6.07) is 0. The third kappa shape index (κ3) is 4.40. The van der Waals surface area contributed by atoms with E-state index >= 15 is 0 Å². The first-order valence-corrected chi connectivity index (χ1v) is 7.41. The molecule has 0 saturated carbocycles. The zero-order chi connectivity index (χ0) is 13.6. The topological polar surface area (TPSA) is 29.5 Å². The van der Waals surface area contributed by atoms with Gasteiger partial charge in [0.15, 0.2) is 0 Å². The number of allylic oxidation sites excluding steroid dienone is 1. The normalized spacial score (nSPS) is 26.2. The molecule has 0 aliphatic carbocycles. The van der Waals surface area contributed by atoms with Crippen molar-refractivity contribution >= 4 is 0 Å². The molecule has 18 heavy (non-hydrogen) atoms. The third-order valence-electron chi connectivity index (χ3n) is 4.21. The lowest BCUT2D eigenvalue weighted by Gasteiger charge is -2.37. The van der Waals surface area contributed by atoms with E-state index in [0.717, 1.165) is 38.7 Å². The maximum Gasteiger partial charge on any atom is 0.0714 e. The Hall–Kier alpha value is -0.340. The SMILES string of the molecule is C=CCC(CC)C1(CCCC(C)(C)O)CCCO1. The molecule has 0 radical (unpaired) electrons. The molecule has 1 rings (SSSR count). The van der Waals surface area contributed by atoms with Crippen molar-refractivity contribution in [3.63, 3.8) is 0 Å². The first-order chi connectivity index (χ1) is 8.43. The Morgan fingerprint density at radius 1 is 1.50 bits per heavy atom. The van der Waals surface area contributed by atoms with Gasteiger partial charge in [-0.05, 0) is 58.3 Å². The fourth-order valence-corrected chi connectivity index (χ4v) is 3.22. The molecule has 1 fully saturated rings. The smallest absolute Gasteiger partial charge is 0.0714 e. The van der Waals surface area contributed by atoms with Gasteiger partial charge in [-0.1, -0.05) is 19.4 Å². The lowest BCUT2D eigenvalue weighted by atomic mass is 9.77. The Morgan fingerprint density at radius 2 is 2.22 bits per heavy atom. The first kappa shape index (κ1) is 15.7. The summed E-state index contributed by atoms with van der Waals surface area (Å²) in [6.45, 7) is 10.8. The largest absolute Gasteiger partial charge is 0.390 e. The van der Waals surface area contributed by atoms with Gasteiger partial charge in [-0.3, -0.25) is 0 Å². The van der Waals surface area contributed by atoms with Crippen molar-refractivity contribution in [3.05, 3.63) is 12.7 Å². The molecule has 0 amide bonds. The van der Waals surface area contributed by atoms with Gasteiger partial charge >= 0.3 is 0 Å². The fourth-order valence-electron chi connectivity index (χ4n) is 3.22. The van der Waals surface area contributed by atoms with Gasteiger partial charge in [0, 0.05) is 6.61 Å². The van der Waals surface area contributed by atoms with Gasteiger partial charge in [-0.15, -0.1) is 6.58 Å². The summed E-state index contributed by atoms with van der Waals surface area (Å²) in [7, 11) is 0. The molecule has 1 saturated heterocycles. The fraction of sp³-hybridized carbons (Fsp3) is 0.875. The Bertz CT molecular complexity index is 246. The van der Waals surface area contributed by atoms with E-state index < -0.39 is 5.60 Å². The lowest BCUT2D eigenvalue weighted by Crippen LogP contribution is -2.37. The quantitative estimate of drug-likeness (QED) is 0.661. The zero-order valence-corrected chi connectivity index (χ0v) is 12.4. The van der Waals surface area contributed by atoms with Crippen LogP contribution in [0, 0.1) is 5.92 Å². The average molecular weight is 254 g/mol. The molecule has 2 nitrogen and oxygen atoms in total. The molecule has 2 unspecified atom stereocenters. The van der Waals surface area contributed by atoms with Crippen molar-refractivity contribution in [2.45, 2.75) is 76.9 Å². The Kier molecular flexibility index (Phi) is 5.87. The summed E-state index contributed by atoms with van der Waals surface area (Å²) in [5.41, 5.74) is -0.506. The van der Waals surface area contributed by atoms with Crippen LogP contribution in [0.5, 0.6) is 0 Å². The number of ether oxygens (including phenoxy) is 1. The van der Waals surface area contributed by atoms with Crippen molar-refractivity contribution in [1.82, 2.24) is 0 Å². The monoisotopic (exact) mass is 254 g/mol. The Balaban J connectivity index is 2.59. The third-order valence-corrected chi connectivity index (χ3v) is 4.21. The second kappa shape index (κ2) is 6.72. The van der Waals surface area contributed by atoms with E-state index in [1.165, 1.54) is 12.8 Å². The van der Waals surface area contributed by atoms with E-state index in [9.17, 15) is 5.11 Å². The maximum absolute atomic E-state index is 9.82. The van der Waals surface area contributed by atoms with Gasteiger partial charge in [-0.2, -0.15) is 0 Å². The molecule has 0 spiro atoms. The van der Waals surface area contributed by atoms with Crippen LogP contribution in [0.2, 0.25) is 0 Å². The average Bonchev–Trinajstić information content (AvgIpc) is 2.74. The van der Waals surface area contributed by atoms with Crippen LogP contribution in [0.15, 0.2) is 12.7 Å². The second-order valence-electron chi connectivity index (χ2n) is 6.31. The van der Waals surface area contributed by atoms with Crippen molar-refractivity contribution in [3.8, 4) is 0 Å². The van der Waals surface area contributed by atoms with Gasteiger partial charge in [-0.25, -0.2) is 0 Å². The molecular formula is C16H30O2. The van der Waals surface area contributed by atoms with Crippen molar-refractivity contribution < 1.29 is 9.84 Å². The Labute approximate surface area is 112 Å². The highest BCUT2D eigenvalue weighted by Crippen LogP contribution is 2.41. The summed E-state index contributed by atoms with van der Waals surface area (Å²) in [4.78, 5) is 0. The minimum absolute atomic E-state index is 0.0498. The van der Waals surface area contributed by atoms with E-state index in [4.69, 9.17) is 4.74 Å². The van der Waals surface area contributed by atoms with Crippen molar-refractivity contribution in [1.29, 1.82) is 0 Å². The van der Waals surface area contributed by atoms with Crippen LogP contribution >= 0.6 is 0 Å². The highest BCUT2D eigenvalue weighted by Gasteiger charge is 2.40. The summed E-state index contributed by atoms with van der Waals surface area (Å²) >= 11 is 0. The molecule has 106 valence electrons. The molecule has 2 heteroatoms. The molecule has 0 aromatic carbocycles. The molecular weight excluding hydrogens is 224 g/mol. The molecule has 1 heterocycles. The predicted octanol–water partition coefficient (Wildman–Crippen LogP) is 4.08. The van der Waals surface area contributed by atoms with Gasteiger partial charge in [0.1, 0.15) is 0 Å². The molecule has 2 atom stereocenters. The van der Waals surface area contributed by atoms with Crippen molar-refractivity contribution in [2.75, 3.05) is 6.61 Å². The van der Waals surface area contributed by atoms with Crippen LogP contribution in [-0.4, -0.2) is 22.9 Å². The predicted molar refractivity (Wildman–Crippen MR) is 76.7 cm³/mol. The van der Waals surface area contributed by atoms with Crippen LogP contribution in [-0.2, 0) is 4.74 Å². The summed E-state index contributed by atoms with van der Waals surface area (Å²) in [6.07, 6.45) is 9.52. The molecule has 0 aromatic heterocycles. The zero-order valence-electron chi connectivity index (χ0n) is 12.4. The summed E-state index contributed by atoms with van der Waals surface area (Å²) < 4.78 is 6.13. The molecule has 0 bridgehead atoms. The number of aliphatic hydroxyl groups is 1. The van der Waals surface area contributed by atoms with Gasteiger partial charge in [0.25, 0.3) is 0 Å².